The van der Waals surface area contributed by atoms with Crippen LogP contribution >= 0.6 is 0 Å². The third-order valence-electron chi connectivity index (χ3n) is 3.82. The van der Waals surface area contributed by atoms with Gasteiger partial charge in [0.25, 0.3) is 10.1 Å². The molecule has 168 valence electrons. The van der Waals surface area contributed by atoms with E-state index < -0.39 is 15.9 Å². The van der Waals surface area contributed by atoms with Crippen LogP contribution < -0.4 is 5.32 Å². The van der Waals surface area contributed by atoms with Crippen LogP contribution in [0.4, 0.5) is 0 Å². The maximum atomic E-state index is 11.5. The maximum absolute atomic E-state index is 11.5. The molecule has 0 saturated carbocycles. The van der Waals surface area contributed by atoms with E-state index in [0.29, 0.717) is 12.8 Å². The normalized spacial score (nSPS) is 13.3. The Hall–Kier alpha value is -2.18. The van der Waals surface area contributed by atoms with Gasteiger partial charge < -0.3 is 5.32 Å². The monoisotopic (exact) mass is 435 g/mol. The van der Waals surface area contributed by atoms with Gasteiger partial charge in [0, 0.05) is 13.0 Å². The molecule has 5 nitrogen and oxygen atoms in total. The number of hydrogen-bond donors (Lipinski definition) is 2. The molecule has 0 aliphatic rings. The summed E-state index contributed by atoms with van der Waals surface area (Å²) in [5, 5.41) is 2.45. The van der Waals surface area contributed by atoms with Crippen molar-refractivity contribution in [3.8, 4) is 0 Å². The zero-order valence-corrected chi connectivity index (χ0v) is 18.9. The SMILES string of the molecule is CC/C=C\C/C=C\C/C=C\C/C=C\C/C=C\C/C=C\CCC(=O)NCCS(=O)(=O)O. The Morgan fingerprint density at radius 1 is 0.733 bits per heavy atom. The molecule has 0 aromatic heterocycles. The second-order valence-corrected chi connectivity index (χ2v) is 8.16. The standard InChI is InChI=1S/C24H37NO4S/c1-2-3-4-5-6-7-8-9-10-11-12-13-14-15-16-17-18-19-20-21-24(26)25-22-23-30(27,28)29/h3-4,6-7,9-10,12-13,15-16,18-19H,2,5,8,11,14,17,20-23H2,1H3,(H,25,26)(H,27,28,29)/b4-3-,7-6-,10-9-,13-12-,16-15-,19-18-. The quantitative estimate of drug-likeness (QED) is 0.234. The van der Waals surface area contributed by atoms with E-state index in [1.54, 1.807) is 0 Å². The van der Waals surface area contributed by atoms with Crippen molar-refractivity contribution in [3.63, 3.8) is 0 Å². The van der Waals surface area contributed by atoms with Crippen molar-refractivity contribution < 1.29 is 17.8 Å². The summed E-state index contributed by atoms with van der Waals surface area (Å²) < 4.78 is 29.6. The summed E-state index contributed by atoms with van der Waals surface area (Å²) in [5.41, 5.74) is 0. The summed E-state index contributed by atoms with van der Waals surface area (Å²) in [5.74, 6) is -0.684. The van der Waals surface area contributed by atoms with Crippen LogP contribution in [0.2, 0.25) is 0 Å². The number of carbonyl (C=O) groups excluding carboxylic acids is 1. The highest BCUT2D eigenvalue weighted by Gasteiger charge is 2.05. The lowest BCUT2D eigenvalue weighted by Gasteiger charge is -2.01. The lowest BCUT2D eigenvalue weighted by Crippen LogP contribution is -2.28. The first-order chi connectivity index (χ1) is 14.5. The number of allylic oxidation sites excluding steroid dienone is 12. The van der Waals surface area contributed by atoms with E-state index in [0.717, 1.165) is 38.5 Å². The maximum Gasteiger partial charge on any atom is 0.266 e. The predicted molar refractivity (Wildman–Crippen MR) is 127 cm³/mol. The van der Waals surface area contributed by atoms with Gasteiger partial charge in [0.2, 0.25) is 5.91 Å². The molecule has 0 aliphatic heterocycles. The minimum absolute atomic E-state index is 0.0680. The minimum atomic E-state index is -4.02. The van der Waals surface area contributed by atoms with Crippen molar-refractivity contribution >= 4 is 16.0 Å². The first kappa shape index (κ1) is 27.8. The highest BCUT2D eigenvalue weighted by molar-refractivity contribution is 7.85. The smallest absolute Gasteiger partial charge is 0.266 e. The molecule has 0 bridgehead atoms. The molecule has 0 saturated heterocycles. The first-order valence-corrected chi connectivity index (χ1v) is 12.2. The molecule has 0 aromatic carbocycles. The Morgan fingerprint density at radius 2 is 1.13 bits per heavy atom. The second-order valence-electron chi connectivity index (χ2n) is 6.59. The van der Waals surface area contributed by atoms with Gasteiger partial charge in [0.05, 0.1) is 5.75 Å². The van der Waals surface area contributed by atoms with Gasteiger partial charge in [-0.2, -0.15) is 8.42 Å². The molecule has 0 aliphatic carbocycles. The zero-order valence-electron chi connectivity index (χ0n) is 18.1. The van der Waals surface area contributed by atoms with Crippen LogP contribution in [-0.4, -0.2) is 31.2 Å². The lowest BCUT2D eigenvalue weighted by atomic mass is 10.2. The fourth-order valence-electron chi connectivity index (χ4n) is 2.26. The molecule has 0 radical (unpaired) electrons. The van der Waals surface area contributed by atoms with E-state index in [4.69, 9.17) is 4.55 Å². The molecule has 2 N–H and O–H groups in total. The van der Waals surface area contributed by atoms with E-state index in [-0.39, 0.29) is 12.5 Å². The average molecular weight is 436 g/mol. The molecule has 0 rings (SSSR count). The van der Waals surface area contributed by atoms with Gasteiger partial charge in [-0.05, 0) is 44.9 Å². The molecule has 0 spiro atoms. The van der Waals surface area contributed by atoms with Crippen molar-refractivity contribution in [3.05, 3.63) is 72.9 Å². The second kappa shape index (κ2) is 20.1. The third kappa shape index (κ3) is 23.9. The highest BCUT2D eigenvalue weighted by Crippen LogP contribution is 1.97. The van der Waals surface area contributed by atoms with Crippen LogP contribution in [0, 0.1) is 0 Å². The van der Waals surface area contributed by atoms with Gasteiger partial charge in [-0.3, -0.25) is 9.35 Å². The van der Waals surface area contributed by atoms with Crippen molar-refractivity contribution in [2.75, 3.05) is 12.3 Å². The fraction of sp³-hybridized carbons (Fsp3) is 0.458. The Balaban J connectivity index is 3.62. The summed E-state index contributed by atoms with van der Waals surface area (Å²) in [7, 11) is -4.02. The molecule has 1 amide bonds. The van der Waals surface area contributed by atoms with Crippen molar-refractivity contribution in [2.24, 2.45) is 0 Å². The molecule has 6 heteroatoms. The van der Waals surface area contributed by atoms with E-state index >= 15 is 0 Å². The fourth-order valence-corrected chi connectivity index (χ4v) is 2.62. The van der Waals surface area contributed by atoms with Crippen molar-refractivity contribution in [2.45, 2.75) is 58.3 Å². The molecule has 0 heterocycles. The number of carbonyl (C=O) groups is 1. The molecular formula is C24H37NO4S. The van der Waals surface area contributed by atoms with Gasteiger partial charge in [0.15, 0.2) is 0 Å². The molecular weight excluding hydrogens is 398 g/mol. The van der Waals surface area contributed by atoms with Crippen LogP contribution in [0.5, 0.6) is 0 Å². The average Bonchev–Trinajstić information content (AvgIpc) is 2.68. The Labute approximate surface area is 182 Å². The number of hydrogen-bond acceptors (Lipinski definition) is 3. The van der Waals surface area contributed by atoms with Gasteiger partial charge in [-0.15, -0.1) is 0 Å². The number of nitrogens with one attached hydrogen (secondary N) is 1. The summed E-state index contributed by atoms with van der Waals surface area (Å²) in [6, 6.07) is 0. The molecule has 0 fully saturated rings. The summed E-state index contributed by atoms with van der Waals surface area (Å²) in [6.07, 6.45) is 32.2. The van der Waals surface area contributed by atoms with E-state index in [1.165, 1.54) is 0 Å². The van der Waals surface area contributed by atoms with E-state index in [2.05, 4.69) is 73.0 Å². The zero-order chi connectivity index (χ0) is 22.3. The molecule has 30 heavy (non-hydrogen) atoms. The lowest BCUT2D eigenvalue weighted by molar-refractivity contribution is -0.120. The molecule has 0 atom stereocenters. The minimum Gasteiger partial charge on any atom is -0.355 e. The van der Waals surface area contributed by atoms with Gasteiger partial charge >= 0.3 is 0 Å². The van der Waals surface area contributed by atoms with Crippen LogP contribution in [0.15, 0.2) is 72.9 Å². The van der Waals surface area contributed by atoms with Crippen LogP contribution in [0.1, 0.15) is 58.3 Å². The van der Waals surface area contributed by atoms with Crippen LogP contribution in [-0.2, 0) is 14.9 Å². The summed E-state index contributed by atoms with van der Waals surface area (Å²) in [4.78, 5) is 11.5. The number of amides is 1. The molecule has 0 aromatic rings. The number of rotatable bonds is 17. The van der Waals surface area contributed by atoms with Gasteiger partial charge in [-0.25, -0.2) is 0 Å². The van der Waals surface area contributed by atoms with Crippen molar-refractivity contribution in [1.82, 2.24) is 5.32 Å². The van der Waals surface area contributed by atoms with E-state index in [9.17, 15) is 13.2 Å². The van der Waals surface area contributed by atoms with Crippen LogP contribution in [0.25, 0.3) is 0 Å². The van der Waals surface area contributed by atoms with Gasteiger partial charge in [-0.1, -0.05) is 79.8 Å². The summed E-state index contributed by atoms with van der Waals surface area (Å²) >= 11 is 0. The highest BCUT2D eigenvalue weighted by atomic mass is 32.2. The Bertz CT molecular complexity index is 713. The Kier molecular flexibility index (Phi) is 18.6. The predicted octanol–water partition coefficient (Wildman–Crippen LogP) is 5.47. The topological polar surface area (TPSA) is 83.5 Å². The van der Waals surface area contributed by atoms with Crippen molar-refractivity contribution in [1.29, 1.82) is 0 Å². The first-order valence-electron chi connectivity index (χ1n) is 10.6. The summed E-state index contributed by atoms with van der Waals surface area (Å²) in [6.45, 7) is 2.07. The molecule has 0 unspecified atom stereocenters. The Morgan fingerprint density at radius 3 is 1.53 bits per heavy atom. The largest absolute Gasteiger partial charge is 0.355 e. The van der Waals surface area contributed by atoms with Gasteiger partial charge in [0.1, 0.15) is 0 Å². The third-order valence-corrected chi connectivity index (χ3v) is 4.54. The van der Waals surface area contributed by atoms with Crippen LogP contribution in [0.3, 0.4) is 0 Å². The van der Waals surface area contributed by atoms with E-state index in [1.807, 2.05) is 12.2 Å².